The van der Waals surface area contributed by atoms with Crippen LogP contribution >= 0.6 is 11.3 Å². The van der Waals surface area contributed by atoms with Gasteiger partial charge in [0.15, 0.2) is 0 Å². The quantitative estimate of drug-likeness (QED) is 0.666. The third kappa shape index (κ3) is 2.14. The zero-order chi connectivity index (χ0) is 10.1. The summed E-state index contributed by atoms with van der Waals surface area (Å²) in [4.78, 5) is 1.57. The van der Waals surface area contributed by atoms with Crippen molar-refractivity contribution in [1.82, 2.24) is 0 Å². The van der Waals surface area contributed by atoms with Crippen molar-refractivity contribution in [3.8, 4) is 0 Å². The van der Waals surface area contributed by atoms with E-state index in [1.165, 1.54) is 12.8 Å². The van der Waals surface area contributed by atoms with E-state index in [4.69, 9.17) is 0 Å². The molecule has 0 N–H and O–H groups in total. The molecule has 1 rings (SSSR count). The van der Waals surface area contributed by atoms with Crippen molar-refractivity contribution in [2.24, 2.45) is 0 Å². The molecule has 0 aliphatic heterocycles. The molecule has 0 bridgehead atoms. The Morgan fingerprint density at radius 1 is 1.15 bits per heavy atom. The SMILES string of the molecule is CCc1csc(CC)c1C(C)(C)C. The van der Waals surface area contributed by atoms with Crippen LogP contribution in [0.1, 0.15) is 50.6 Å². The number of thiophene rings is 1. The summed E-state index contributed by atoms with van der Waals surface area (Å²) in [5.41, 5.74) is 3.47. The molecule has 1 aromatic rings. The maximum atomic E-state index is 2.33. The maximum absolute atomic E-state index is 2.33. The largest absolute Gasteiger partial charge is 0.148 e. The molecule has 0 saturated heterocycles. The summed E-state index contributed by atoms with van der Waals surface area (Å²) >= 11 is 1.93. The fraction of sp³-hybridized carbons (Fsp3) is 0.667. The van der Waals surface area contributed by atoms with E-state index in [-0.39, 0.29) is 0 Å². The Morgan fingerprint density at radius 2 is 1.77 bits per heavy atom. The van der Waals surface area contributed by atoms with Crippen LogP contribution in [0.4, 0.5) is 0 Å². The van der Waals surface area contributed by atoms with Crippen LogP contribution in [0.25, 0.3) is 0 Å². The molecule has 0 radical (unpaired) electrons. The molecule has 0 atom stereocenters. The molecule has 0 nitrogen and oxygen atoms in total. The molecule has 1 heteroatoms. The lowest BCUT2D eigenvalue weighted by Gasteiger charge is -2.21. The molecule has 1 heterocycles. The standard InChI is InChI=1S/C12H20S/c1-6-9-8-13-10(7-2)11(9)12(3,4)5/h8H,6-7H2,1-5H3. The van der Waals surface area contributed by atoms with E-state index >= 15 is 0 Å². The van der Waals surface area contributed by atoms with Gasteiger partial charge in [-0.2, -0.15) is 0 Å². The molecule has 0 amide bonds. The average molecular weight is 196 g/mol. The van der Waals surface area contributed by atoms with Crippen LogP contribution in [0, 0.1) is 0 Å². The molecule has 1 aromatic heterocycles. The lowest BCUT2D eigenvalue weighted by Crippen LogP contribution is -2.14. The first-order valence-corrected chi connectivity index (χ1v) is 5.98. The van der Waals surface area contributed by atoms with Gasteiger partial charge in [-0.25, -0.2) is 0 Å². The molecule has 0 fully saturated rings. The molecule has 0 saturated carbocycles. The summed E-state index contributed by atoms with van der Waals surface area (Å²) < 4.78 is 0. The van der Waals surface area contributed by atoms with E-state index in [1.54, 1.807) is 16.0 Å². The zero-order valence-corrected chi connectivity index (χ0v) is 10.2. The Morgan fingerprint density at radius 3 is 2.15 bits per heavy atom. The van der Waals surface area contributed by atoms with Gasteiger partial charge in [-0.1, -0.05) is 34.6 Å². The molecule has 0 unspecified atom stereocenters. The molecule has 0 aliphatic carbocycles. The van der Waals surface area contributed by atoms with Gasteiger partial charge in [-0.3, -0.25) is 0 Å². The van der Waals surface area contributed by atoms with Gasteiger partial charge in [0.05, 0.1) is 0 Å². The van der Waals surface area contributed by atoms with Crippen LogP contribution in [-0.4, -0.2) is 0 Å². The second kappa shape index (κ2) is 3.83. The van der Waals surface area contributed by atoms with Crippen LogP contribution in [0.2, 0.25) is 0 Å². The lowest BCUT2D eigenvalue weighted by atomic mass is 9.83. The minimum Gasteiger partial charge on any atom is -0.148 e. The van der Waals surface area contributed by atoms with Gasteiger partial charge in [-0.05, 0) is 34.8 Å². The van der Waals surface area contributed by atoms with Gasteiger partial charge < -0.3 is 0 Å². The summed E-state index contributed by atoms with van der Waals surface area (Å²) in [5, 5.41) is 2.33. The van der Waals surface area contributed by atoms with Gasteiger partial charge in [-0.15, -0.1) is 11.3 Å². The van der Waals surface area contributed by atoms with Crippen LogP contribution in [0.5, 0.6) is 0 Å². The normalized spacial score (nSPS) is 12.1. The molecule has 0 spiro atoms. The van der Waals surface area contributed by atoms with Gasteiger partial charge in [0, 0.05) is 4.88 Å². The highest BCUT2D eigenvalue weighted by Gasteiger charge is 2.21. The molecular formula is C12H20S. The van der Waals surface area contributed by atoms with E-state index in [1.807, 2.05) is 11.3 Å². The van der Waals surface area contributed by atoms with Crippen molar-refractivity contribution in [2.75, 3.05) is 0 Å². The molecule has 0 aromatic carbocycles. The summed E-state index contributed by atoms with van der Waals surface area (Å²) in [6, 6.07) is 0. The predicted molar refractivity (Wildman–Crippen MR) is 61.8 cm³/mol. The highest BCUT2D eigenvalue weighted by atomic mass is 32.1. The third-order valence-electron chi connectivity index (χ3n) is 2.40. The van der Waals surface area contributed by atoms with Crippen LogP contribution < -0.4 is 0 Å². The fourth-order valence-electron chi connectivity index (χ4n) is 1.86. The summed E-state index contributed by atoms with van der Waals surface area (Å²) in [6.07, 6.45) is 2.35. The second-order valence-corrected chi connectivity index (χ2v) is 5.48. The Kier molecular flexibility index (Phi) is 3.18. The Hall–Kier alpha value is -0.300. The average Bonchev–Trinajstić information content (AvgIpc) is 2.45. The lowest BCUT2D eigenvalue weighted by molar-refractivity contribution is 0.580. The van der Waals surface area contributed by atoms with Gasteiger partial charge >= 0.3 is 0 Å². The predicted octanol–water partition coefficient (Wildman–Crippen LogP) is 4.17. The van der Waals surface area contributed by atoms with Crippen molar-refractivity contribution >= 4 is 11.3 Å². The van der Waals surface area contributed by atoms with Gasteiger partial charge in [0.1, 0.15) is 0 Å². The van der Waals surface area contributed by atoms with Gasteiger partial charge in [0.25, 0.3) is 0 Å². The van der Waals surface area contributed by atoms with Crippen molar-refractivity contribution in [3.63, 3.8) is 0 Å². The first kappa shape index (κ1) is 10.8. The third-order valence-corrected chi connectivity index (χ3v) is 3.58. The minimum absolute atomic E-state index is 0.316. The van der Waals surface area contributed by atoms with Crippen molar-refractivity contribution in [3.05, 3.63) is 21.4 Å². The number of aryl methyl sites for hydroxylation is 2. The number of rotatable bonds is 2. The van der Waals surface area contributed by atoms with Crippen LogP contribution in [0.3, 0.4) is 0 Å². The first-order valence-electron chi connectivity index (χ1n) is 5.10. The number of hydrogen-bond donors (Lipinski definition) is 0. The van der Waals surface area contributed by atoms with Crippen molar-refractivity contribution in [1.29, 1.82) is 0 Å². The van der Waals surface area contributed by atoms with E-state index in [0.717, 1.165) is 0 Å². The molecule has 13 heavy (non-hydrogen) atoms. The first-order chi connectivity index (χ1) is 6.00. The topological polar surface area (TPSA) is 0 Å². The van der Waals surface area contributed by atoms with E-state index in [9.17, 15) is 0 Å². The highest BCUT2D eigenvalue weighted by Crippen LogP contribution is 2.34. The molecular weight excluding hydrogens is 176 g/mol. The van der Waals surface area contributed by atoms with Crippen LogP contribution in [0.15, 0.2) is 5.38 Å². The van der Waals surface area contributed by atoms with E-state index < -0.39 is 0 Å². The highest BCUT2D eigenvalue weighted by molar-refractivity contribution is 7.10. The summed E-state index contributed by atoms with van der Waals surface area (Å²) in [7, 11) is 0. The Labute approximate surface area is 86.0 Å². The molecule has 0 aliphatic rings. The Balaban J connectivity index is 3.20. The second-order valence-electron chi connectivity index (χ2n) is 4.52. The Bertz CT molecular complexity index is 254. The fourth-order valence-corrected chi connectivity index (χ4v) is 3.15. The van der Waals surface area contributed by atoms with E-state index in [2.05, 4.69) is 40.0 Å². The van der Waals surface area contributed by atoms with Crippen molar-refractivity contribution in [2.45, 2.75) is 52.9 Å². The smallest absolute Gasteiger partial charge is 0.00826 e. The minimum atomic E-state index is 0.316. The summed E-state index contributed by atoms with van der Waals surface area (Å²) in [6.45, 7) is 11.4. The van der Waals surface area contributed by atoms with E-state index in [0.29, 0.717) is 5.41 Å². The molecule has 74 valence electrons. The van der Waals surface area contributed by atoms with Gasteiger partial charge in [0.2, 0.25) is 0 Å². The number of hydrogen-bond acceptors (Lipinski definition) is 1. The summed E-state index contributed by atoms with van der Waals surface area (Å²) in [5.74, 6) is 0. The monoisotopic (exact) mass is 196 g/mol. The maximum Gasteiger partial charge on any atom is 0.00826 e. The van der Waals surface area contributed by atoms with Crippen molar-refractivity contribution < 1.29 is 0 Å². The van der Waals surface area contributed by atoms with Crippen LogP contribution in [-0.2, 0) is 18.3 Å². The zero-order valence-electron chi connectivity index (χ0n) is 9.40.